The number of aromatic nitrogens is 1. The molecule has 1 heterocycles. The van der Waals surface area contributed by atoms with Gasteiger partial charge in [0.05, 0.1) is 17.3 Å². The molecule has 0 radical (unpaired) electrons. The number of carbonyl (C=O) groups excluding carboxylic acids is 1. The molecule has 0 saturated heterocycles. The fraction of sp³-hybridized carbons (Fsp3) is 0.500. The zero-order valence-electron chi connectivity index (χ0n) is 11.9. The molecule has 10 heteroatoms. The van der Waals surface area contributed by atoms with Gasteiger partial charge in [-0.25, -0.2) is 4.98 Å². The molecule has 0 spiro atoms. The topological polar surface area (TPSA) is 77.2 Å². The van der Waals surface area contributed by atoms with E-state index in [0.29, 0.717) is 5.69 Å². The lowest BCUT2D eigenvalue weighted by Gasteiger charge is -2.21. The van der Waals surface area contributed by atoms with Gasteiger partial charge in [-0.15, -0.1) is 24.8 Å². The number of hydrogen-bond donors (Lipinski definition) is 2. The molecule has 3 N–H and O–H groups in total. The van der Waals surface area contributed by atoms with Crippen molar-refractivity contribution in [2.24, 2.45) is 11.1 Å². The molecule has 1 amide bonds. The van der Waals surface area contributed by atoms with Crippen molar-refractivity contribution in [3.8, 4) is 5.88 Å². The van der Waals surface area contributed by atoms with Gasteiger partial charge in [0.2, 0.25) is 11.8 Å². The normalized spacial score (nSPS) is 11.0. The first-order valence-electron chi connectivity index (χ1n) is 5.81. The number of rotatable bonds is 5. The Labute approximate surface area is 138 Å². The highest BCUT2D eigenvalue weighted by Crippen LogP contribution is 2.20. The predicted octanol–water partition coefficient (Wildman–Crippen LogP) is 2.79. The third kappa shape index (κ3) is 7.67. The molecule has 1 aromatic rings. The standard InChI is InChI=1S/C12H16F3N3O2.2ClH/c1-11(2,6-16)10(19)18-8-3-4-9(17-5-8)20-7-12(13,14)15;;/h3-5H,6-7,16H2,1-2H3,(H,18,19);2*1H. The highest BCUT2D eigenvalue weighted by molar-refractivity contribution is 5.94. The largest absolute Gasteiger partial charge is 0.468 e. The van der Waals surface area contributed by atoms with Crippen molar-refractivity contribution >= 4 is 36.4 Å². The maximum atomic E-state index is 11.9. The fourth-order valence-corrected chi connectivity index (χ4v) is 1.09. The SMILES string of the molecule is CC(C)(CN)C(=O)Nc1ccc(OCC(F)(F)F)nc1.Cl.Cl. The first kappa shape index (κ1) is 23.0. The summed E-state index contributed by atoms with van der Waals surface area (Å²) in [5.74, 6) is -0.468. The van der Waals surface area contributed by atoms with E-state index < -0.39 is 18.2 Å². The molecular formula is C12H18Cl2F3N3O2. The van der Waals surface area contributed by atoms with Gasteiger partial charge in [-0.3, -0.25) is 4.79 Å². The van der Waals surface area contributed by atoms with Crippen LogP contribution >= 0.6 is 24.8 Å². The smallest absolute Gasteiger partial charge is 0.422 e. The van der Waals surface area contributed by atoms with Gasteiger partial charge in [0.1, 0.15) is 0 Å². The Kier molecular flexibility index (Phi) is 9.44. The lowest BCUT2D eigenvalue weighted by atomic mass is 9.93. The second-order valence-corrected chi connectivity index (χ2v) is 4.83. The molecule has 0 atom stereocenters. The van der Waals surface area contributed by atoms with Crippen molar-refractivity contribution in [3.05, 3.63) is 18.3 Å². The quantitative estimate of drug-likeness (QED) is 0.842. The van der Waals surface area contributed by atoms with Gasteiger partial charge in [-0.1, -0.05) is 0 Å². The minimum atomic E-state index is -4.42. The van der Waals surface area contributed by atoms with E-state index in [1.807, 2.05) is 0 Å². The van der Waals surface area contributed by atoms with Crippen LogP contribution in [0.5, 0.6) is 5.88 Å². The Balaban J connectivity index is 0. The Morgan fingerprint density at radius 3 is 2.32 bits per heavy atom. The number of amides is 1. The Morgan fingerprint density at radius 1 is 1.32 bits per heavy atom. The van der Waals surface area contributed by atoms with E-state index in [1.165, 1.54) is 18.3 Å². The summed E-state index contributed by atoms with van der Waals surface area (Å²) in [6.45, 7) is 2.11. The summed E-state index contributed by atoms with van der Waals surface area (Å²) in [7, 11) is 0. The molecule has 5 nitrogen and oxygen atoms in total. The second-order valence-electron chi connectivity index (χ2n) is 4.83. The van der Waals surface area contributed by atoms with Crippen LogP contribution in [0.2, 0.25) is 0 Å². The van der Waals surface area contributed by atoms with Crippen molar-refractivity contribution in [2.45, 2.75) is 20.0 Å². The predicted molar refractivity (Wildman–Crippen MR) is 81.7 cm³/mol. The molecule has 0 aliphatic carbocycles. The van der Waals surface area contributed by atoms with Crippen LogP contribution in [0.4, 0.5) is 18.9 Å². The average molecular weight is 364 g/mol. The molecule has 0 aliphatic rings. The van der Waals surface area contributed by atoms with E-state index in [1.54, 1.807) is 13.8 Å². The van der Waals surface area contributed by atoms with Crippen LogP contribution in [0.15, 0.2) is 18.3 Å². The van der Waals surface area contributed by atoms with Gasteiger partial charge in [-0.2, -0.15) is 13.2 Å². The number of nitrogens with zero attached hydrogens (tertiary/aromatic N) is 1. The third-order valence-corrected chi connectivity index (χ3v) is 2.50. The first-order chi connectivity index (χ1) is 9.14. The monoisotopic (exact) mass is 363 g/mol. The molecule has 22 heavy (non-hydrogen) atoms. The molecule has 1 aromatic heterocycles. The Morgan fingerprint density at radius 2 is 1.91 bits per heavy atom. The molecule has 0 aromatic carbocycles. The minimum absolute atomic E-state index is 0. The maximum absolute atomic E-state index is 11.9. The minimum Gasteiger partial charge on any atom is -0.468 e. The van der Waals surface area contributed by atoms with E-state index in [4.69, 9.17) is 5.73 Å². The van der Waals surface area contributed by atoms with Gasteiger partial charge in [0.15, 0.2) is 6.61 Å². The maximum Gasteiger partial charge on any atom is 0.422 e. The van der Waals surface area contributed by atoms with E-state index in [0.717, 1.165) is 0 Å². The second kappa shape index (κ2) is 9.02. The Bertz CT molecular complexity index is 468. The van der Waals surface area contributed by atoms with Crippen LogP contribution in [0.3, 0.4) is 0 Å². The van der Waals surface area contributed by atoms with E-state index >= 15 is 0 Å². The molecule has 0 aliphatic heterocycles. The van der Waals surface area contributed by atoms with E-state index in [2.05, 4.69) is 15.0 Å². The summed E-state index contributed by atoms with van der Waals surface area (Å²) in [6.07, 6.45) is -3.20. The van der Waals surface area contributed by atoms with E-state index in [9.17, 15) is 18.0 Å². The highest BCUT2D eigenvalue weighted by atomic mass is 35.5. The number of halogens is 5. The number of alkyl halides is 3. The van der Waals surface area contributed by atoms with Crippen LogP contribution in [-0.4, -0.2) is 30.2 Å². The molecular weight excluding hydrogens is 346 g/mol. The third-order valence-electron chi connectivity index (χ3n) is 2.50. The number of anilines is 1. The van der Waals surface area contributed by atoms with Gasteiger partial charge >= 0.3 is 6.18 Å². The first-order valence-corrected chi connectivity index (χ1v) is 5.81. The van der Waals surface area contributed by atoms with Crippen LogP contribution < -0.4 is 15.8 Å². The van der Waals surface area contributed by atoms with Crippen molar-refractivity contribution in [1.82, 2.24) is 4.98 Å². The highest BCUT2D eigenvalue weighted by Gasteiger charge is 2.29. The number of pyridine rings is 1. The number of nitrogens with two attached hydrogens (primary N) is 1. The number of nitrogens with one attached hydrogen (secondary N) is 1. The number of ether oxygens (including phenoxy) is 1. The molecule has 128 valence electrons. The molecule has 1 rings (SSSR count). The molecule has 0 bridgehead atoms. The fourth-order valence-electron chi connectivity index (χ4n) is 1.09. The summed E-state index contributed by atoms with van der Waals surface area (Å²) >= 11 is 0. The zero-order chi connectivity index (χ0) is 15.4. The van der Waals surface area contributed by atoms with Gasteiger partial charge in [0.25, 0.3) is 0 Å². The van der Waals surface area contributed by atoms with Crippen LogP contribution in [0, 0.1) is 5.41 Å². The van der Waals surface area contributed by atoms with Crippen molar-refractivity contribution in [2.75, 3.05) is 18.5 Å². The molecule has 0 fully saturated rings. The summed E-state index contributed by atoms with van der Waals surface area (Å²) in [4.78, 5) is 15.5. The summed E-state index contributed by atoms with van der Waals surface area (Å²) < 4.78 is 40.3. The summed E-state index contributed by atoms with van der Waals surface area (Å²) in [5, 5.41) is 2.57. The van der Waals surface area contributed by atoms with Crippen LogP contribution in [0.25, 0.3) is 0 Å². The lowest BCUT2D eigenvalue weighted by molar-refractivity contribution is -0.154. The van der Waals surface area contributed by atoms with Crippen molar-refractivity contribution in [1.29, 1.82) is 0 Å². The number of hydrogen-bond acceptors (Lipinski definition) is 4. The lowest BCUT2D eigenvalue weighted by Crippen LogP contribution is -2.37. The van der Waals surface area contributed by atoms with E-state index in [-0.39, 0.29) is 43.1 Å². The Hall–Kier alpha value is -1.25. The summed E-state index contributed by atoms with van der Waals surface area (Å²) in [5.41, 5.74) is 5.07. The van der Waals surface area contributed by atoms with Crippen LogP contribution in [-0.2, 0) is 4.79 Å². The van der Waals surface area contributed by atoms with Gasteiger partial charge in [0, 0.05) is 12.6 Å². The summed E-state index contributed by atoms with van der Waals surface area (Å²) in [6, 6.07) is 2.65. The van der Waals surface area contributed by atoms with Gasteiger partial charge in [-0.05, 0) is 19.9 Å². The average Bonchev–Trinajstić information content (AvgIpc) is 2.37. The van der Waals surface area contributed by atoms with Crippen molar-refractivity contribution in [3.63, 3.8) is 0 Å². The molecule has 0 unspecified atom stereocenters. The zero-order valence-corrected chi connectivity index (χ0v) is 13.6. The van der Waals surface area contributed by atoms with Crippen LogP contribution in [0.1, 0.15) is 13.8 Å². The molecule has 0 saturated carbocycles. The van der Waals surface area contributed by atoms with Crippen molar-refractivity contribution < 1.29 is 22.7 Å². The van der Waals surface area contributed by atoms with Gasteiger partial charge < -0.3 is 15.8 Å². The number of carbonyl (C=O) groups is 1.